The van der Waals surface area contributed by atoms with E-state index in [4.69, 9.17) is 23.2 Å². The molecule has 1 atom stereocenters. The number of nitrogens with zero attached hydrogens (tertiary/aromatic N) is 1. The van der Waals surface area contributed by atoms with Gasteiger partial charge in [-0.2, -0.15) is 0 Å². The number of hydrogen-bond donors (Lipinski definition) is 1. The molecule has 1 aromatic carbocycles. The van der Waals surface area contributed by atoms with Gasteiger partial charge in [-0.25, -0.2) is 8.78 Å². The number of hydrogen-bond acceptors (Lipinski definition) is 2. The zero-order chi connectivity index (χ0) is 15.2. The molecule has 0 spiro atoms. The molecule has 2 aliphatic rings. The molecule has 3 rings (SSSR count). The minimum atomic E-state index is -2.80. The van der Waals surface area contributed by atoms with Gasteiger partial charge in [-0.05, 0) is 29.7 Å². The fraction of sp³-hybridized carbons (Fsp3) is 0.500. The standard InChI is InChI=1S/C14H14Cl2F2N2O.ClH/c15-9-3-8-6-20(2-1-10(8)11(16)4-9)13(21)12-5-14(17,18)7-19-12;/h3-4,12,19H,1-2,5-7H2;1H. The van der Waals surface area contributed by atoms with Gasteiger partial charge in [0.15, 0.2) is 0 Å². The van der Waals surface area contributed by atoms with Crippen LogP contribution in [0.3, 0.4) is 0 Å². The Balaban J connectivity index is 0.00000176. The Hall–Kier alpha value is -0.620. The molecule has 2 aliphatic heterocycles. The van der Waals surface area contributed by atoms with Crippen LogP contribution >= 0.6 is 35.6 Å². The number of alkyl halides is 2. The second-order valence-electron chi connectivity index (χ2n) is 5.53. The number of benzene rings is 1. The van der Waals surface area contributed by atoms with Crippen LogP contribution in [0.15, 0.2) is 12.1 Å². The summed E-state index contributed by atoms with van der Waals surface area (Å²) in [6.45, 7) is 0.403. The molecule has 1 unspecified atom stereocenters. The summed E-state index contributed by atoms with van der Waals surface area (Å²) in [5, 5.41) is 3.70. The molecule has 0 saturated carbocycles. The van der Waals surface area contributed by atoms with E-state index in [9.17, 15) is 13.6 Å². The number of amides is 1. The van der Waals surface area contributed by atoms with E-state index in [1.165, 1.54) is 0 Å². The normalized spacial score (nSPS) is 22.9. The summed E-state index contributed by atoms with van der Waals surface area (Å²) in [5.41, 5.74) is 1.87. The van der Waals surface area contributed by atoms with Crippen molar-refractivity contribution in [2.24, 2.45) is 0 Å². The molecular weight excluding hydrogens is 357 g/mol. The minimum absolute atomic E-state index is 0. The van der Waals surface area contributed by atoms with Gasteiger partial charge in [-0.15, -0.1) is 12.4 Å². The lowest BCUT2D eigenvalue weighted by Gasteiger charge is -2.31. The Morgan fingerprint density at radius 1 is 1.36 bits per heavy atom. The van der Waals surface area contributed by atoms with Crippen LogP contribution in [0, 0.1) is 0 Å². The molecule has 1 aromatic rings. The van der Waals surface area contributed by atoms with Crippen LogP contribution in [0.25, 0.3) is 0 Å². The molecule has 3 nitrogen and oxygen atoms in total. The Morgan fingerprint density at radius 2 is 2.09 bits per heavy atom. The first-order valence-electron chi connectivity index (χ1n) is 6.72. The van der Waals surface area contributed by atoms with Crippen LogP contribution in [0.1, 0.15) is 17.5 Å². The van der Waals surface area contributed by atoms with Crippen molar-refractivity contribution in [1.82, 2.24) is 10.2 Å². The number of fused-ring (bicyclic) bond motifs is 1. The van der Waals surface area contributed by atoms with Crippen LogP contribution in [-0.2, 0) is 17.8 Å². The average molecular weight is 372 g/mol. The van der Waals surface area contributed by atoms with E-state index in [1.807, 2.05) is 0 Å². The van der Waals surface area contributed by atoms with Crippen LogP contribution < -0.4 is 5.32 Å². The molecule has 22 heavy (non-hydrogen) atoms. The second kappa shape index (κ2) is 6.48. The molecule has 122 valence electrons. The Labute approximate surface area is 143 Å². The lowest BCUT2D eigenvalue weighted by molar-refractivity contribution is -0.134. The van der Waals surface area contributed by atoms with Gasteiger partial charge in [-0.3, -0.25) is 10.1 Å². The second-order valence-corrected chi connectivity index (χ2v) is 6.37. The van der Waals surface area contributed by atoms with E-state index < -0.39 is 24.9 Å². The molecule has 2 heterocycles. The van der Waals surface area contributed by atoms with Gasteiger partial charge in [0.05, 0.1) is 12.6 Å². The first-order valence-corrected chi connectivity index (χ1v) is 7.48. The maximum atomic E-state index is 13.2. The number of rotatable bonds is 1. The summed E-state index contributed by atoms with van der Waals surface area (Å²) in [6, 6.07) is 2.65. The molecule has 0 aromatic heterocycles. The molecule has 1 fully saturated rings. The topological polar surface area (TPSA) is 32.3 Å². The van der Waals surface area contributed by atoms with Crippen LogP contribution in [0.4, 0.5) is 8.78 Å². The predicted octanol–water partition coefficient (Wildman–Crippen LogP) is 3.30. The molecular formula is C14H15Cl3F2N2O. The van der Waals surface area contributed by atoms with Crippen molar-refractivity contribution in [2.75, 3.05) is 13.1 Å². The van der Waals surface area contributed by atoms with E-state index >= 15 is 0 Å². The maximum Gasteiger partial charge on any atom is 0.262 e. The van der Waals surface area contributed by atoms with Gasteiger partial charge in [0, 0.05) is 29.6 Å². The highest BCUT2D eigenvalue weighted by atomic mass is 35.5. The fourth-order valence-electron chi connectivity index (χ4n) is 2.91. The lowest BCUT2D eigenvalue weighted by Crippen LogP contribution is -2.45. The zero-order valence-corrected chi connectivity index (χ0v) is 13.9. The Morgan fingerprint density at radius 3 is 2.73 bits per heavy atom. The van der Waals surface area contributed by atoms with Crippen molar-refractivity contribution >= 4 is 41.5 Å². The average Bonchev–Trinajstić information content (AvgIpc) is 2.77. The number of nitrogens with one attached hydrogen (secondary N) is 1. The van der Waals surface area contributed by atoms with Gasteiger partial charge < -0.3 is 4.90 Å². The van der Waals surface area contributed by atoms with E-state index in [0.29, 0.717) is 29.6 Å². The van der Waals surface area contributed by atoms with Gasteiger partial charge in [0.25, 0.3) is 5.92 Å². The van der Waals surface area contributed by atoms with Crippen LogP contribution in [0.5, 0.6) is 0 Å². The van der Waals surface area contributed by atoms with Gasteiger partial charge >= 0.3 is 0 Å². The zero-order valence-electron chi connectivity index (χ0n) is 11.5. The van der Waals surface area contributed by atoms with Crippen LogP contribution in [-0.4, -0.2) is 35.9 Å². The number of carbonyl (C=O) groups is 1. The van der Waals surface area contributed by atoms with E-state index in [1.54, 1.807) is 17.0 Å². The molecule has 1 saturated heterocycles. The van der Waals surface area contributed by atoms with Crippen LogP contribution in [0.2, 0.25) is 10.0 Å². The van der Waals surface area contributed by atoms with Gasteiger partial charge in [-0.1, -0.05) is 23.2 Å². The first kappa shape index (κ1) is 17.7. The quantitative estimate of drug-likeness (QED) is 0.821. The molecule has 0 bridgehead atoms. The highest BCUT2D eigenvalue weighted by Crippen LogP contribution is 2.31. The first-order chi connectivity index (χ1) is 9.85. The number of carbonyl (C=O) groups excluding carboxylic acids is 1. The van der Waals surface area contributed by atoms with E-state index in [2.05, 4.69) is 5.32 Å². The predicted molar refractivity (Wildman–Crippen MR) is 84.2 cm³/mol. The smallest absolute Gasteiger partial charge is 0.262 e. The summed E-state index contributed by atoms with van der Waals surface area (Å²) in [7, 11) is 0. The molecule has 1 amide bonds. The minimum Gasteiger partial charge on any atom is -0.337 e. The van der Waals surface area contributed by atoms with Gasteiger partial charge in [0.2, 0.25) is 5.91 Å². The highest BCUT2D eigenvalue weighted by molar-refractivity contribution is 6.35. The van der Waals surface area contributed by atoms with Crippen molar-refractivity contribution in [2.45, 2.75) is 31.4 Å². The lowest BCUT2D eigenvalue weighted by atomic mass is 9.99. The third-order valence-electron chi connectivity index (χ3n) is 3.97. The number of halogens is 5. The van der Waals surface area contributed by atoms with Crippen molar-refractivity contribution in [3.63, 3.8) is 0 Å². The summed E-state index contributed by atoms with van der Waals surface area (Å²) in [4.78, 5) is 13.9. The fourth-order valence-corrected chi connectivity index (χ4v) is 3.54. The molecule has 1 N–H and O–H groups in total. The monoisotopic (exact) mass is 370 g/mol. The Kier molecular flexibility index (Phi) is 5.22. The third kappa shape index (κ3) is 3.48. The Bertz CT molecular complexity index is 598. The summed E-state index contributed by atoms with van der Waals surface area (Å²) >= 11 is 12.1. The molecule has 8 heteroatoms. The van der Waals surface area contributed by atoms with Crippen molar-refractivity contribution in [3.8, 4) is 0 Å². The third-order valence-corrected chi connectivity index (χ3v) is 4.52. The molecule has 0 radical (unpaired) electrons. The van der Waals surface area contributed by atoms with Crippen molar-refractivity contribution in [1.29, 1.82) is 0 Å². The van der Waals surface area contributed by atoms with Crippen molar-refractivity contribution in [3.05, 3.63) is 33.3 Å². The van der Waals surface area contributed by atoms with E-state index in [0.717, 1.165) is 11.1 Å². The van der Waals surface area contributed by atoms with E-state index in [-0.39, 0.29) is 18.3 Å². The summed E-state index contributed by atoms with van der Waals surface area (Å²) in [5.74, 6) is -3.09. The summed E-state index contributed by atoms with van der Waals surface area (Å²) < 4.78 is 26.4. The molecule has 0 aliphatic carbocycles. The largest absolute Gasteiger partial charge is 0.337 e. The van der Waals surface area contributed by atoms with Gasteiger partial charge in [0.1, 0.15) is 0 Å². The SMILES string of the molecule is Cl.O=C(C1CC(F)(F)CN1)N1CCc2c(Cl)cc(Cl)cc2C1. The summed E-state index contributed by atoms with van der Waals surface area (Å²) in [6.07, 6.45) is 0.172. The van der Waals surface area contributed by atoms with Crippen molar-refractivity contribution < 1.29 is 13.6 Å². The highest BCUT2D eigenvalue weighted by Gasteiger charge is 2.43. The maximum absolute atomic E-state index is 13.2.